The van der Waals surface area contributed by atoms with E-state index in [0.717, 1.165) is 12.5 Å². The number of aromatic nitrogens is 1. The minimum Gasteiger partial charge on any atom is -0.395 e. The topological polar surface area (TPSA) is 79.5 Å². The van der Waals surface area contributed by atoms with Crippen LogP contribution in [-0.4, -0.2) is 34.7 Å². The number of nitrogens with zero attached hydrogens (tertiary/aromatic N) is 3. The van der Waals surface area contributed by atoms with Crippen LogP contribution in [0.25, 0.3) is 10.9 Å². The number of benzene rings is 1. The summed E-state index contributed by atoms with van der Waals surface area (Å²) < 4.78 is 14.4. The highest BCUT2D eigenvalue weighted by atomic mass is 19.1. The predicted molar refractivity (Wildman–Crippen MR) is 77.9 cm³/mol. The molecule has 0 saturated carbocycles. The van der Waals surface area contributed by atoms with E-state index < -0.39 is 10.7 Å². The molecule has 0 unspecified atom stereocenters. The van der Waals surface area contributed by atoms with Crippen LogP contribution in [0, 0.1) is 15.9 Å². The first-order valence-electron chi connectivity index (χ1n) is 6.67. The van der Waals surface area contributed by atoms with Gasteiger partial charge in [0.05, 0.1) is 23.0 Å². The second kappa shape index (κ2) is 6.45. The summed E-state index contributed by atoms with van der Waals surface area (Å²) in [6.45, 7) is 2.57. The second-order valence-electron chi connectivity index (χ2n) is 4.59. The predicted octanol–water partition coefficient (Wildman–Crippen LogP) is 2.49. The molecule has 6 nitrogen and oxygen atoms in total. The molecule has 1 N–H and O–H groups in total. The first kappa shape index (κ1) is 15.1. The fourth-order valence-corrected chi connectivity index (χ4v) is 2.36. The standard InChI is InChI=1S/C14H16FN3O3/c1-2-6-17(7-8-19)14-11(15)9-12(18(20)21)10-4-3-5-16-13(10)14/h3-5,9,19H,2,6-8H2,1H3. The first-order chi connectivity index (χ1) is 10.1. The van der Waals surface area contributed by atoms with Gasteiger partial charge in [-0.1, -0.05) is 6.92 Å². The maximum atomic E-state index is 14.4. The molecular formula is C14H16FN3O3. The summed E-state index contributed by atoms with van der Waals surface area (Å²) in [6, 6.07) is 4.04. The largest absolute Gasteiger partial charge is 0.395 e. The summed E-state index contributed by atoms with van der Waals surface area (Å²) in [7, 11) is 0. The Morgan fingerprint density at radius 3 is 2.86 bits per heavy atom. The van der Waals surface area contributed by atoms with Crippen molar-refractivity contribution >= 4 is 22.3 Å². The molecule has 1 heterocycles. The van der Waals surface area contributed by atoms with Gasteiger partial charge in [-0.15, -0.1) is 0 Å². The van der Waals surface area contributed by atoms with Crippen LogP contribution in [0.2, 0.25) is 0 Å². The van der Waals surface area contributed by atoms with Crippen LogP contribution in [0.1, 0.15) is 13.3 Å². The zero-order valence-electron chi connectivity index (χ0n) is 11.6. The molecule has 0 saturated heterocycles. The zero-order chi connectivity index (χ0) is 15.4. The summed E-state index contributed by atoms with van der Waals surface area (Å²) in [5, 5.41) is 20.5. The molecule has 2 rings (SSSR count). The average Bonchev–Trinajstić information content (AvgIpc) is 2.46. The molecule has 1 aromatic heterocycles. The van der Waals surface area contributed by atoms with Gasteiger partial charge in [-0.2, -0.15) is 0 Å². The molecule has 0 aliphatic rings. The summed E-state index contributed by atoms with van der Waals surface area (Å²) >= 11 is 0. The lowest BCUT2D eigenvalue weighted by Gasteiger charge is -2.24. The number of non-ortho nitro benzene ring substituents is 1. The van der Waals surface area contributed by atoms with Crippen molar-refractivity contribution in [2.45, 2.75) is 13.3 Å². The van der Waals surface area contributed by atoms with Crippen LogP contribution in [0.3, 0.4) is 0 Å². The minimum absolute atomic E-state index is 0.134. The summed E-state index contributed by atoms with van der Waals surface area (Å²) in [5.74, 6) is -0.699. The molecule has 0 aliphatic heterocycles. The molecule has 0 radical (unpaired) electrons. The molecule has 1 aromatic carbocycles. The quantitative estimate of drug-likeness (QED) is 0.654. The third-order valence-electron chi connectivity index (χ3n) is 3.17. The van der Waals surface area contributed by atoms with Crippen LogP contribution < -0.4 is 4.90 Å². The number of nitro benzene ring substituents is 1. The Bertz CT molecular complexity index is 657. The Labute approximate surface area is 121 Å². The monoisotopic (exact) mass is 293 g/mol. The highest BCUT2D eigenvalue weighted by molar-refractivity contribution is 5.97. The fraction of sp³-hybridized carbons (Fsp3) is 0.357. The number of fused-ring (bicyclic) bond motifs is 1. The fourth-order valence-electron chi connectivity index (χ4n) is 2.36. The number of pyridine rings is 1. The summed E-state index contributed by atoms with van der Waals surface area (Å²) in [5.41, 5.74) is 0.137. The van der Waals surface area contributed by atoms with Gasteiger partial charge in [0.15, 0.2) is 5.82 Å². The maximum absolute atomic E-state index is 14.4. The Morgan fingerprint density at radius 1 is 1.48 bits per heavy atom. The van der Waals surface area contributed by atoms with Gasteiger partial charge in [0.2, 0.25) is 0 Å². The molecule has 0 bridgehead atoms. The van der Waals surface area contributed by atoms with Gasteiger partial charge in [0.1, 0.15) is 11.2 Å². The molecule has 0 aliphatic carbocycles. The van der Waals surface area contributed by atoms with E-state index in [9.17, 15) is 14.5 Å². The number of aliphatic hydroxyl groups is 1. The van der Waals surface area contributed by atoms with Crippen LogP contribution in [0.15, 0.2) is 24.4 Å². The van der Waals surface area contributed by atoms with E-state index in [2.05, 4.69) is 4.98 Å². The first-order valence-corrected chi connectivity index (χ1v) is 6.67. The molecule has 0 amide bonds. The number of aliphatic hydroxyl groups excluding tert-OH is 1. The normalized spacial score (nSPS) is 10.8. The van der Waals surface area contributed by atoms with Gasteiger partial charge in [0.25, 0.3) is 5.69 Å². The van der Waals surface area contributed by atoms with E-state index in [4.69, 9.17) is 5.11 Å². The number of nitro groups is 1. The number of rotatable bonds is 6. The van der Waals surface area contributed by atoms with Crippen LogP contribution in [0.4, 0.5) is 15.8 Å². The minimum atomic E-state index is -0.699. The van der Waals surface area contributed by atoms with E-state index in [1.165, 1.54) is 6.20 Å². The van der Waals surface area contributed by atoms with Crippen molar-refractivity contribution < 1.29 is 14.4 Å². The Balaban J connectivity index is 2.71. The number of halogens is 1. The summed E-state index contributed by atoms with van der Waals surface area (Å²) in [4.78, 5) is 16.2. The lowest BCUT2D eigenvalue weighted by Crippen LogP contribution is -2.28. The number of hydrogen-bond acceptors (Lipinski definition) is 5. The molecule has 0 spiro atoms. The van der Waals surface area contributed by atoms with Crippen molar-refractivity contribution in [2.24, 2.45) is 0 Å². The van der Waals surface area contributed by atoms with Gasteiger partial charge in [-0.25, -0.2) is 4.39 Å². The van der Waals surface area contributed by atoms with Gasteiger partial charge in [-0.3, -0.25) is 15.1 Å². The van der Waals surface area contributed by atoms with Crippen molar-refractivity contribution in [1.82, 2.24) is 4.98 Å². The average molecular weight is 293 g/mol. The molecule has 21 heavy (non-hydrogen) atoms. The zero-order valence-corrected chi connectivity index (χ0v) is 11.6. The Kier molecular flexibility index (Phi) is 4.64. The third-order valence-corrected chi connectivity index (χ3v) is 3.17. The van der Waals surface area contributed by atoms with E-state index >= 15 is 0 Å². The van der Waals surface area contributed by atoms with Gasteiger partial charge in [0, 0.05) is 19.3 Å². The number of hydrogen-bond donors (Lipinski definition) is 1. The van der Waals surface area contributed by atoms with Crippen molar-refractivity contribution in [1.29, 1.82) is 0 Å². The van der Waals surface area contributed by atoms with Crippen LogP contribution in [-0.2, 0) is 0 Å². The van der Waals surface area contributed by atoms with E-state index in [1.54, 1.807) is 17.0 Å². The molecule has 0 fully saturated rings. The van der Waals surface area contributed by atoms with Crippen LogP contribution >= 0.6 is 0 Å². The highest BCUT2D eigenvalue weighted by Gasteiger charge is 2.23. The van der Waals surface area contributed by atoms with E-state index in [0.29, 0.717) is 6.54 Å². The van der Waals surface area contributed by atoms with Gasteiger partial charge < -0.3 is 10.0 Å². The van der Waals surface area contributed by atoms with E-state index in [-0.39, 0.29) is 35.4 Å². The van der Waals surface area contributed by atoms with Crippen LogP contribution in [0.5, 0.6) is 0 Å². The lowest BCUT2D eigenvalue weighted by atomic mass is 10.1. The third kappa shape index (κ3) is 2.92. The highest BCUT2D eigenvalue weighted by Crippen LogP contribution is 2.34. The van der Waals surface area contributed by atoms with Gasteiger partial charge >= 0.3 is 0 Å². The van der Waals surface area contributed by atoms with E-state index in [1.807, 2.05) is 6.92 Å². The lowest BCUT2D eigenvalue weighted by molar-refractivity contribution is -0.383. The SMILES string of the molecule is CCCN(CCO)c1c(F)cc([N+](=O)[O-])c2cccnc12. The molecule has 112 valence electrons. The van der Waals surface area contributed by atoms with Crippen molar-refractivity contribution in [3.05, 3.63) is 40.3 Å². The van der Waals surface area contributed by atoms with Crippen molar-refractivity contribution in [3.63, 3.8) is 0 Å². The molecule has 7 heteroatoms. The van der Waals surface area contributed by atoms with Crippen molar-refractivity contribution in [3.8, 4) is 0 Å². The second-order valence-corrected chi connectivity index (χ2v) is 4.59. The molecule has 2 aromatic rings. The number of anilines is 1. The van der Waals surface area contributed by atoms with Crippen molar-refractivity contribution in [2.75, 3.05) is 24.6 Å². The Hall–Kier alpha value is -2.28. The maximum Gasteiger partial charge on any atom is 0.281 e. The smallest absolute Gasteiger partial charge is 0.281 e. The Morgan fingerprint density at radius 2 is 2.24 bits per heavy atom. The summed E-state index contributed by atoms with van der Waals surface area (Å²) in [6.07, 6.45) is 2.23. The molecule has 0 atom stereocenters. The van der Waals surface area contributed by atoms with Gasteiger partial charge in [-0.05, 0) is 18.6 Å². The molecular weight excluding hydrogens is 277 g/mol.